The number of benzene rings is 1. The molecule has 6 heteroatoms. The van der Waals surface area contributed by atoms with Crippen LogP contribution in [0.25, 0.3) is 0 Å². The van der Waals surface area contributed by atoms with Gasteiger partial charge in [-0.1, -0.05) is 6.07 Å². The first-order chi connectivity index (χ1) is 11.5. The topological polar surface area (TPSA) is 36.0 Å². The molecule has 134 valence electrons. The fraction of sp³-hybridized carbons (Fsp3) is 0.611. The van der Waals surface area contributed by atoms with Gasteiger partial charge in [-0.15, -0.1) is 0 Å². The van der Waals surface area contributed by atoms with Crippen molar-refractivity contribution in [2.24, 2.45) is 0 Å². The maximum Gasteiger partial charge on any atom is 0.320 e. The Morgan fingerprint density at radius 3 is 2.46 bits per heavy atom. The molecule has 24 heavy (non-hydrogen) atoms. The third kappa shape index (κ3) is 4.38. The number of halogens is 1. The number of nitrogens with zero attached hydrogens (tertiary/aromatic N) is 3. The first kappa shape index (κ1) is 18.5. The maximum absolute atomic E-state index is 13.8. The monoisotopic (exact) mass is 337 g/mol. The number of hydrogen-bond acceptors (Lipinski definition) is 3. The van der Waals surface area contributed by atoms with Gasteiger partial charge < -0.3 is 14.5 Å². The molecule has 1 fully saturated rings. The molecule has 0 unspecified atom stereocenters. The normalized spacial score (nSPS) is 15.7. The minimum Gasteiger partial charge on any atom is -0.494 e. The second-order valence-corrected chi connectivity index (χ2v) is 6.39. The van der Waals surface area contributed by atoms with Gasteiger partial charge in [0.15, 0.2) is 11.6 Å². The quantitative estimate of drug-likeness (QED) is 0.829. The molecule has 0 saturated carbocycles. The van der Waals surface area contributed by atoms with Crippen LogP contribution < -0.4 is 4.74 Å². The molecule has 1 heterocycles. The van der Waals surface area contributed by atoms with Crippen LogP contribution in [-0.2, 0) is 6.54 Å². The Bertz CT molecular complexity index is 557. The van der Waals surface area contributed by atoms with Crippen molar-refractivity contribution in [2.75, 3.05) is 39.8 Å². The lowest BCUT2D eigenvalue weighted by molar-refractivity contribution is 0.104. The zero-order chi connectivity index (χ0) is 17.7. The summed E-state index contributed by atoms with van der Waals surface area (Å²) in [4.78, 5) is 18.6. The average molecular weight is 337 g/mol. The molecule has 0 aliphatic carbocycles. The summed E-state index contributed by atoms with van der Waals surface area (Å²) in [5, 5.41) is 0. The second kappa shape index (κ2) is 8.33. The highest BCUT2D eigenvalue weighted by molar-refractivity contribution is 5.74. The van der Waals surface area contributed by atoms with Crippen molar-refractivity contribution in [2.45, 2.75) is 33.4 Å². The highest BCUT2D eigenvalue weighted by Gasteiger charge is 2.25. The van der Waals surface area contributed by atoms with Gasteiger partial charge >= 0.3 is 6.03 Å². The van der Waals surface area contributed by atoms with E-state index in [0.717, 1.165) is 25.2 Å². The standard InChI is InChI=1S/C18H28FN3O2/c1-5-22(14(2)3)18(23)21-10-8-20(9-11-21)13-15-6-7-17(24-4)16(19)12-15/h6-7,12,14H,5,8-11,13H2,1-4H3. The van der Waals surface area contributed by atoms with Gasteiger partial charge in [-0.3, -0.25) is 4.90 Å². The van der Waals surface area contributed by atoms with Crippen LogP contribution in [0.4, 0.5) is 9.18 Å². The first-order valence-electron chi connectivity index (χ1n) is 8.56. The van der Waals surface area contributed by atoms with Crippen molar-refractivity contribution < 1.29 is 13.9 Å². The minimum absolute atomic E-state index is 0.114. The van der Waals surface area contributed by atoms with E-state index in [1.165, 1.54) is 13.2 Å². The number of amides is 2. The Balaban J connectivity index is 1.88. The summed E-state index contributed by atoms with van der Waals surface area (Å²) in [6, 6.07) is 5.39. The van der Waals surface area contributed by atoms with Gasteiger partial charge in [0.2, 0.25) is 0 Å². The van der Waals surface area contributed by atoms with Crippen molar-refractivity contribution in [3.8, 4) is 5.75 Å². The van der Waals surface area contributed by atoms with E-state index >= 15 is 0 Å². The largest absolute Gasteiger partial charge is 0.494 e. The van der Waals surface area contributed by atoms with Crippen molar-refractivity contribution in [1.29, 1.82) is 0 Å². The number of urea groups is 1. The summed E-state index contributed by atoms with van der Waals surface area (Å²) in [6.45, 7) is 10.5. The highest BCUT2D eigenvalue weighted by atomic mass is 19.1. The van der Waals surface area contributed by atoms with E-state index in [2.05, 4.69) is 4.90 Å². The minimum atomic E-state index is -0.334. The first-order valence-corrected chi connectivity index (χ1v) is 8.56. The van der Waals surface area contributed by atoms with E-state index in [9.17, 15) is 9.18 Å². The van der Waals surface area contributed by atoms with Gasteiger partial charge in [-0.25, -0.2) is 9.18 Å². The summed E-state index contributed by atoms with van der Waals surface area (Å²) in [6.07, 6.45) is 0. The van der Waals surface area contributed by atoms with Gasteiger partial charge in [-0.05, 0) is 38.5 Å². The van der Waals surface area contributed by atoms with Crippen molar-refractivity contribution >= 4 is 6.03 Å². The zero-order valence-corrected chi connectivity index (χ0v) is 15.1. The summed E-state index contributed by atoms with van der Waals surface area (Å²) < 4.78 is 18.7. The number of ether oxygens (including phenoxy) is 1. The molecular weight excluding hydrogens is 309 g/mol. The molecule has 0 N–H and O–H groups in total. The molecule has 0 atom stereocenters. The Kier molecular flexibility index (Phi) is 6.43. The van der Waals surface area contributed by atoms with Crippen LogP contribution in [0.2, 0.25) is 0 Å². The molecule has 2 amide bonds. The number of methoxy groups -OCH3 is 1. The summed E-state index contributed by atoms with van der Waals surface area (Å²) in [5.74, 6) is -0.0677. The fourth-order valence-corrected chi connectivity index (χ4v) is 3.07. The molecule has 1 aromatic carbocycles. The number of carbonyl (C=O) groups is 1. The lowest BCUT2D eigenvalue weighted by Crippen LogP contribution is -2.53. The van der Waals surface area contributed by atoms with Gasteiger partial charge in [0, 0.05) is 45.3 Å². The molecule has 1 aliphatic heterocycles. The smallest absolute Gasteiger partial charge is 0.320 e. The molecule has 1 aliphatic rings. The number of rotatable bonds is 5. The Morgan fingerprint density at radius 2 is 1.96 bits per heavy atom. The van der Waals surface area contributed by atoms with Crippen LogP contribution in [0.5, 0.6) is 5.75 Å². The molecule has 0 radical (unpaired) electrons. The summed E-state index contributed by atoms with van der Waals surface area (Å²) >= 11 is 0. The van der Waals surface area contributed by atoms with Crippen molar-refractivity contribution in [1.82, 2.24) is 14.7 Å². The Hall–Kier alpha value is -1.82. The highest BCUT2D eigenvalue weighted by Crippen LogP contribution is 2.19. The van der Waals surface area contributed by atoms with Crippen molar-refractivity contribution in [3.05, 3.63) is 29.6 Å². The Morgan fingerprint density at radius 1 is 1.29 bits per heavy atom. The van der Waals surface area contributed by atoms with Gasteiger partial charge in [0.1, 0.15) is 0 Å². The second-order valence-electron chi connectivity index (χ2n) is 6.39. The van der Waals surface area contributed by atoms with E-state index in [-0.39, 0.29) is 23.6 Å². The van der Waals surface area contributed by atoms with Crippen LogP contribution in [0.15, 0.2) is 18.2 Å². The average Bonchev–Trinajstić information content (AvgIpc) is 2.56. The fourth-order valence-electron chi connectivity index (χ4n) is 3.07. The predicted octanol–water partition coefficient (Wildman–Crippen LogP) is 2.80. The van der Waals surface area contributed by atoms with Gasteiger partial charge in [0.25, 0.3) is 0 Å². The molecule has 1 saturated heterocycles. The molecule has 1 aromatic rings. The number of carbonyl (C=O) groups excluding carboxylic acids is 1. The van der Waals surface area contributed by atoms with E-state index in [1.54, 1.807) is 6.07 Å². The Labute approximate surface area is 144 Å². The third-order valence-corrected chi connectivity index (χ3v) is 4.47. The van der Waals surface area contributed by atoms with E-state index in [4.69, 9.17) is 4.74 Å². The van der Waals surface area contributed by atoms with Crippen LogP contribution in [0, 0.1) is 5.82 Å². The molecule has 5 nitrogen and oxygen atoms in total. The summed E-state index contributed by atoms with van der Waals surface area (Å²) in [5.41, 5.74) is 0.922. The van der Waals surface area contributed by atoms with Crippen LogP contribution in [0.1, 0.15) is 26.3 Å². The van der Waals surface area contributed by atoms with Crippen molar-refractivity contribution in [3.63, 3.8) is 0 Å². The predicted molar refractivity (Wildman–Crippen MR) is 92.7 cm³/mol. The molecule has 0 spiro atoms. The SMILES string of the molecule is CCN(C(=O)N1CCN(Cc2ccc(OC)c(F)c2)CC1)C(C)C. The number of piperazine rings is 1. The maximum atomic E-state index is 13.8. The van der Waals surface area contributed by atoms with Gasteiger partial charge in [-0.2, -0.15) is 0 Å². The molecule has 0 bridgehead atoms. The zero-order valence-electron chi connectivity index (χ0n) is 15.1. The van der Waals surface area contributed by atoms with E-state index in [1.807, 2.05) is 36.6 Å². The lowest BCUT2D eigenvalue weighted by atomic mass is 10.2. The van der Waals surface area contributed by atoms with E-state index in [0.29, 0.717) is 19.6 Å². The van der Waals surface area contributed by atoms with E-state index < -0.39 is 0 Å². The molecular formula is C18H28FN3O2. The lowest BCUT2D eigenvalue weighted by Gasteiger charge is -2.38. The van der Waals surface area contributed by atoms with Crippen LogP contribution >= 0.6 is 0 Å². The number of hydrogen-bond donors (Lipinski definition) is 0. The third-order valence-electron chi connectivity index (χ3n) is 4.47. The van der Waals surface area contributed by atoms with Gasteiger partial charge in [0.05, 0.1) is 7.11 Å². The summed E-state index contributed by atoms with van der Waals surface area (Å²) in [7, 11) is 1.46. The molecule has 2 rings (SSSR count). The van der Waals surface area contributed by atoms with Crippen LogP contribution in [0.3, 0.4) is 0 Å². The van der Waals surface area contributed by atoms with Crippen LogP contribution in [-0.4, -0.2) is 66.6 Å². The molecule has 0 aromatic heterocycles.